The fraction of sp³-hybridized carbons (Fsp3) is 0.312. The van der Waals surface area contributed by atoms with Crippen LogP contribution in [0.4, 0.5) is 13.2 Å². The Kier molecular flexibility index (Phi) is 4.16. The van der Waals surface area contributed by atoms with Crippen LogP contribution in [-0.2, 0) is 6.18 Å². The van der Waals surface area contributed by atoms with Gasteiger partial charge < -0.3 is 10.0 Å². The van der Waals surface area contributed by atoms with Gasteiger partial charge in [0.25, 0.3) is 5.91 Å². The second-order valence-electron chi connectivity index (χ2n) is 5.43. The minimum absolute atomic E-state index is 0.0291. The number of aliphatic hydroxyl groups excluding tert-OH is 1. The first-order valence-corrected chi connectivity index (χ1v) is 7.94. The Bertz CT molecular complexity index is 700. The number of aliphatic hydroxyl groups is 1. The van der Waals surface area contributed by atoms with Crippen molar-refractivity contribution in [2.75, 3.05) is 6.54 Å². The largest absolute Gasteiger partial charge is 0.416 e. The van der Waals surface area contributed by atoms with E-state index in [1.165, 1.54) is 34.4 Å². The second kappa shape index (κ2) is 5.98. The molecule has 7 heteroatoms. The summed E-state index contributed by atoms with van der Waals surface area (Å²) in [5, 5.41) is 11.6. The smallest absolute Gasteiger partial charge is 0.391 e. The fourth-order valence-corrected chi connectivity index (χ4v) is 3.60. The van der Waals surface area contributed by atoms with Gasteiger partial charge in [0.2, 0.25) is 0 Å². The molecule has 0 bridgehead atoms. The van der Waals surface area contributed by atoms with E-state index in [1.807, 2.05) is 0 Å². The molecule has 1 aliphatic rings. The van der Waals surface area contributed by atoms with E-state index in [0.717, 1.165) is 6.07 Å². The Labute approximate surface area is 135 Å². The molecule has 2 atom stereocenters. The zero-order valence-corrected chi connectivity index (χ0v) is 12.8. The van der Waals surface area contributed by atoms with Crippen LogP contribution in [0.2, 0.25) is 0 Å². The lowest BCUT2D eigenvalue weighted by Crippen LogP contribution is -2.32. The number of carbonyl (C=O) groups excluding carboxylic acids is 1. The number of alkyl halides is 3. The van der Waals surface area contributed by atoms with Crippen LogP contribution < -0.4 is 0 Å². The van der Waals surface area contributed by atoms with Crippen LogP contribution in [0.3, 0.4) is 0 Å². The number of carbonyl (C=O) groups is 1. The molecule has 3 nitrogen and oxygen atoms in total. The van der Waals surface area contributed by atoms with Gasteiger partial charge in [0.05, 0.1) is 22.6 Å². The summed E-state index contributed by atoms with van der Waals surface area (Å²) in [6.45, 7) is 0.0353. The van der Waals surface area contributed by atoms with E-state index in [9.17, 15) is 23.1 Å². The molecule has 1 saturated heterocycles. The number of hydrogen-bond donors (Lipinski definition) is 1. The molecule has 1 amide bonds. The van der Waals surface area contributed by atoms with Crippen molar-refractivity contribution in [3.63, 3.8) is 0 Å². The fourth-order valence-electron chi connectivity index (χ4n) is 2.92. The Morgan fingerprint density at radius 3 is 2.61 bits per heavy atom. The molecule has 1 aliphatic heterocycles. The average Bonchev–Trinajstić information content (AvgIpc) is 3.15. The Hall–Kier alpha value is -1.86. The van der Waals surface area contributed by atoms with Crippen molar-refractivity contribution in [3.05, 3.63) is 57.8 Å². The number of rotatable bonds is 2. The van der Waals surface area contributed by atoms with Crippen LogP contribution >= 0.6 is 11.3 Å². The second-order valence-corrected chi connectivity index (χ2v) is 6.37. The van der Waals surface area contributed by atoms with Gasteiger partial charge in [-0.2, -0.15) is 13.2 Å². The highest BCUT2D eigenvalue weighted by atomic mass is 32.1. The number of β-amino-alcohol motifs (C(OH)–C–C–N with tert-alkyl or cyclic N) is 1. The van der Waals surface area contributed by atoms with Gasteiger partial charge >= 0.3 is 6.18 Å². The van der Waals surface area contributed by atoms with Gasteiger partial charge in [-0.15, -0.1) is 11.3 Å². The Balaban J connectivity index is 2.00. The average molecular weight is 341 g/mol. The summed E-state index contributed by atoms with van der Waals surface area (Å²) in [5.41, 5.74) is -0.732. The zero-order valence-electron chi connectivity index (χ0n) is 12.0. The van der Waals surface area contributed by atoms with Crippen molar-refractivity contribution in [1.29, 1.82) is 0 Å². The molecule has 1 fully saturated rings. The van der Waals surface area contributed by atoms with Crippen molar-refractivity contribution >= 4 is 17.2 Å². The molecular weight excluding hydrogens is 327 g/mol. The maximum Gasteiger partial charge on any atom is 0.416 e. The highest BCUT2D eigenvalue weighted by molar-refractivity contribution is 7.12. The third-order valence-corrected chi connectivity index (χ3v) is 4.75. The predicted molar refractivity (Wildman–Crippen MR) is 80.2 cm³/mol. The first-order valence-electron chi connectivity index (χ1n) is 7.06. The highest BCUT2D eigenvalue weighted by Crippen LogP contribution is 2.41. The van der Waals surface area contributed by atoms with Gasteiger partial charge in [-0.3, -0.25) is 4.79 Å². The van der Waals surface area contributed by atoms with E-state index in [2.05, 4.69) is 0 Å². The van der Waals surface area contributed by atoms with Gasteiger partial charge in [0.15, 0.2) is 0 Å². The van der Waals surface area contributed by atoms with Crippen molar-refractivity contribution in [2.24, 2.45) is 0 Å². The molecule has 0 unspecified atom stereocenters. The molecule has 1 aromatic carbocycles. The van der Waals surface area contributed by atoms with Gasteiger partial charge in [-0.1, -0.05) is 24.3 Å². The van der Waals surface area contributed by atoms with Crippen LogP contribution in [-0.4, -0.2) is 28.6 Å². The lowest BCUT2D eigenvalue weighted by molar-refractivity contribution is -0.138. The third kappa shape index (κ3) is 3.11. The molecule has 23 heavy (non-hydrogen) atoms. The number of likely N-dealkylation sites (tertiary alicyclic amines) is 1. The molecule has 1 N–H and O–H groups in total. The normalized spacial score (nSPS) is 21.7. The molecule has 2 aromatic rings. The van der Waals surface area contributed by atoms with Crippen molar-refractivity contribution < 1.29 is 23.1 Å². The first kappa shape index (κ1) is 16.0. The first-order chi connectivity index (χ1) is 10.9. The third-order valence-electron chi connectivity index (χ3n) is 3.90. The lowest BCUT2D eigenvalue weighted by atomic mass is 9.97. The minimum atomic E-state index is -4.50. The van der Waals surface area contributed by atoms with Crippen molar-refractivity contribution in [3.8, 4) is 0 Å². The molecule has 0 spiro atoms. The molecule has 1 aromatic heterocycles. The molecule has 0 aliphatic carbocycles. The van der Waals surface area contributed by atoms with E-state index in [4.69, 9.17) is 0 Å². The van der Waals surface area contributed by atoms with Crippen LogP contribution in [0.25, 0.3) is 0 Å². The van der Waals surface area contributed by atoms with E-state index in [1.54, 1.807) is 17.5 Å². The van der Waals surface area contributed by atoms with E-state index in [0.29, 0.717) is 4.88 Å². The molecule has 0 saturated carbocycles. The Morgan fingerprint density at radius 1 is 1.22 bits per heavy atom. The monoisotopic (exact) mass is 341 g/mol. The van der Waals surface area contributed by atoms with Crippen molar-refractivity contribution in [2.45, 2.75) is 24.7 Å². The van der Waals surface area contributed by atoms with Crippen LogP contribution in [0.15, 0.2) is 41.8 Å². The van der Waals surface area contributed by atoms with Crippen LogP contribution in [0.5, 0.6) is 0 Å². The lowest BCUT2D eigenvalue weighted by Gasteiger charge is -2.26. The quantitative estimate of drug-likeness (QED) is 0.904. The number of benzene rings is 1. The number of hydrogen-bond acceptors (Lipinski definition) is 3. The summed E-state index contributed by atoms with van der Waals surface area (Å²) < 4.78 is 39.7. The van der Waals surface area contributed by atoms with Gasteiger partial charge in [-0.05, 0) is 29.5 Å². The van der Waals surface area contributed by atoms with E-state index < -0.39 is 23.9 Å². The maximum atomic E-state index is 13.2. The van der Waals surface area contributed by atoms with Crippen LogP contribution in [0.1, 0.15) is 33.3 Å². The summed E-state index contributed by atoms with van der Waals surface area (Å²) in [6, 6.07) is 7.78. The molecule has 122 valence electrons. The van der Waals surface area contributed by atoms with Crippen molar-refractivity contribution in [1.82, 2.24) is 4.90 Å². The number of halogens is 3. The SMILES string of the molecule is O=C(c1cccs1)N1C[C@H](O)C[C@H]1c1ccccc1C(F)(F)F. The molecule has 3 rings (SSSR count). The van der Waals surface area contributed by atoms with Gasteiger partial charge in [0.1, 0.15) is 0 Å². The number of amides is 1. The highest BCUT2D eigenvalue weighted by Gasteiger charge is 2.41. The summed E-state index contributed by atoms with van der Waals surface area (Å²) in [7, 11) is 0. The maximum absolute atomic E-state index is 13.2. The number of nitrogens with zero attached hydrogens (tertiary/aromatic N) is 1. The van der Waals surface area contributed by atoms with Crippen LogP contribution in [0, 0.1) is 0 Å². The summed E-state index contributed by atoms with van der Waals surface area (Å²) in [5.74, 6) is -0.349. The standard InChI is InChI=1S/C16H14F3NO2S/c17-16(18,19)12-5-2-1-4-11(12)13-8-10(21)9-20(13)15(22)14-6-3-7-23-14/h1-7,10,13,21H,8-9H2/t10-,13+/m1/s1. The molecule has 2 heterocycles. The zero-order chi connectivity index (χ0) is 16.6. The summed E-state index contributed by atoms with van der Waals surface area (Å²) in [4.78, 5) is 14.3. The molecular formula is C16H14F3NO2S. The van der Waals surface area contributed by atoms with E-state index >= 15 is 0 Å². The predicted octanol–water partition coefficient (Wildman–Crippen LogP) is 3.72. The molecule has 0 radical (unpaired) electrons. The Morgan fingerprint density at radius 2 is 1.96 bits per heavy atom. The number of thiophene rings is 1. The van der Waals surface area contributed by atoms with E-state index in [-0.39, 0.29) is 24.4 Å². The van der Waals surface area contributed by atoms with Gasteiger partial charge in [-0.25, -0.2) is 0 Å². The van der Waals surface area contributed by atoms with Gasteiger partial charge in [0, 0.05) is 6.54 Å². The topological polar surface area (TPSA) is 40.5 Å². The minimum Gasteiger partial charge on any atom is -0.391 e. The summed E-state index contributed by atoms with van der Waals surface area (Å²) in [6.07, 6.45) is -5.23. The summed E-state index contributed by atoms with van der Waals surface area (Å²) >= 11 is 1.23.